The number of carbonyl (C=O) groups excluding carboxylic acids is 2. The van der Waals surface area contributed by atoms with Crippen LogP contribution in [-0.2, 0) is 11.8 Å². The molecule has 0 fully saturated rings. The van der Waals surface area contributed by atoms with Crippen LogP contribution in [0.3, 0.4) is 0 Å². The fraction of sp³-hybridized carbons (Fsp3) is 0.320. The number of ether oxygens (including phenoxy) is 2. The Morgan fingerprint density at radius 3 is 2.62 bits per heavy atom. The number of amides is 2. The molecule has 2 atom stereocenters. The number of hydrogen-bond acceptors (Lipinski definition) is 5. The maximum atomic E-state index is 13.2. The first-order valence-corrected chi connectivity index (χ1v) is 11.4. The third-order valence-corrected chi connectivity index (χ3v) is 6.09. The number of benzene rings is 2. The van der Waals surface area contributed by atoms with Crippen LogP contribution < -0.4 is 20.1 Å². The smallest absolute Gasteiger partial charge is 0.251 e. The van der Waals surface area contributed by atoms with Gasteiger partial charge in [-0.25, -0.2) is 0 Å². The molecule has 0 bridgehead atoms. The molecule has 0 aliphatic carbocycles. The summed E-state index contributed by atoms with van der Waals surface area (Å²) in [5, 5.41) is 10.8. The number of methoxy groups -OCH3 is 1. The quantitative estimate of drug-likeness (QED) is 0.529. The number of carbonyl (C=O) groups is 2. The molecule has 4 rings (SSSR count). The highest BCUT2D eigenvalue weighted by Gasteiger charge is 2.41. The van der Waals surface area contributed by atoms with Crippen LogP contribution in [0.1, 0.15) is 46.4 Å². The van der Waals surface area contributed by atoms with Gasteiger partial charge in [0.1, 0.15) is 11.9 Å². The summed E-state index contributed by atoms with van der Waals surface area (Å²) in [6.07, 6.45) is 0.866. The summed E-state index contributed by atoms with van der Waals surface area (Å²) < 4.78 is 13.0. The van der Waals surface area contributed by atoms with Crippen LogP contribution in [0.4, 0.5) is 5.82 Å². The van der Waals surface area contributed by atoms with E-state index < -0.39 is 12.0 Å². The molecule has 0 unspecified atom stereocenters. The summed E-state index contributed by atoms with van der Waals surface area (Å²) in [4.78, 5) is 26.3. The Kier molecular flexibility index (Phi) is 6.79. The molecule has 2 amide bonds. The average molecular weight is 483 g/mol. The first-order valence-electron chi connectivity index (χ1n) is 11.1. The molecule has 0 saturated heterocycles. The third kappa shape index (κ3) is 4.46. The summed E-state index contributed by atoms with van der Waals surface area (Å²) in [6, 6.07) is 11.2. The van der Waals surface area contributed by atoms with Crippen LogP contribution in [0.5, 0.6) is 11.5 Å². The molecule has 8 nitrogen and oxygen atoms in total. The fourth-order valence-corrected chi connectivity index (χ4v) is 4.38. The molecule has 2 heterocycles. The number of halogens is 1. The number of nitrogens with zero attached hydrogens (tertiary/aromatic N) is 2. The van der Waals surface area contributed by atoms with E-state index in [0.29, 0.717) is 34.5 Å². The average Bonchev–Trinajstić information content (AvgIpc) is 3.11. The molecule has 3 aromatic rings. The molecule has 0 radical (unpaired) electrons. The maximum absolute atomic E-state index is 13.2. The zero-order valence-electron chi connectivity index (χ0n) is 19.5. The first kappa shape index (κ1) is 23.6. The van der Waals surface area contributed by atoms with E-state index in [1.807, 2.05) is 32.0 Å². The first-order chi connectivity index (χ1) is 16.3. The minimum Gasteiger partial charge on any atom is -0.493 e. The fourth-order valence-electron chi connectivity index (χ4n) is 4.25. The van der Waals surface area contributed by atoms with Crippen LogP contribution in [0.2, 0.25) is 5.02 Å². The molecule has 2 N–H and O–H groups in total. The van der Waals surface area contributed by atoms with E-state index in [4.69, 9.17) is 21.1 Å². The van der Waals surface area contributed by atoms with Crippen LogP contribution in [-0.4, -0.2) is 41.4 Å². The minimum absolute atomic E-state index is 0.326. The van der Waals surface area contributed by atoms with Gasteiger partial charge in [-0.3, -0.25) is 14.3 Å². The Morgan fingerprint density at radius 1 is 1.21 bits per heavy atom. The molecule has 2 aromatic carbocycles. The van der Waals surface area contributed by atoms with Gasteiger partial charge in [-0.15, -0.1) is 0 Å². The van der Waals surface area contributed by atoms with Gasteiger partial charge in [-0.1, -0.05) is 24.6 Å². The van der Waals surface area contributed by atoms with Gasteiger partial charge in [0.2, 0.25) is 5.91 Å². The van der Waals surface area contributed by atoms with Crippen molar-refractivity contribution in [3.63, 3.8) is 0 Å². The molecule has 178 valence electrons. The van der Waals surface area contributed by atoms with Crippen molar-refractivity contribution in [2.24, 2.45) is 7.05 Å². The Balaban J connectivity index is 1.77. The minimum atomic E-state index is -0.870. The van der Waals surface area contributed by atoms with Crippen LogP contribution in [0.25, 0.3) is 0 Å². The third-order valence-electron chi connectivity index (χ3n) is 5.84. The highest BCUT2D eigenvalue weighted by atomic mass is 35.5. The monoisotopic (exact) mass is 482 g/mol. The van der Waals surface area contributed by atoms with Gasteiger partial charge in [0, 0.05) is 29.1 Å². The number of fused-ring (bicyclic) bond motifs is 1. The van der Waals surface area contributed by atoms with Crippen LogP contribution in [0, 0.1) is 6.92 Å². The topological polar surface area (TPSA) is 94.5 Å². The van der Waals surface area contributed by atoms with Crippen molar-refractivity contribution in [3.05, 3.63) is 69.9 Å². The number of aromatic nitrogens is 2. The van der Waals surface area contributed by atoms with E-state index in [1.54, 1.807) is 43.1 Å². The second kappa shape index (κ2) is 9.77. The highest BCUT2D eigenvalue weighted by Crippen LogP contribution is 2.41. The molecule has 1 aliphatic heterocycles. The number of hydrogen-bond donors (Lipinski definition) is 2. The Bertz CT molecular complexity index is 1220. The van der Waals surface area contributed by atoms with E-state index in [0.717, 1.165) is 23.2 Å². The lowest BCUT2D eigenvalue weighted by Gasteiger charge is -2.33. The lowest BCUT2D eigenvalue weighted by Crippen LogP contribution is -2.50. The summed E-state index contributed by atoms with van der Waals surface area (Å²) in [5.41, 5.74) is 2.81. The van der Waals surface area contributed by atoms with Crippen LogP contribution >= 0.6 is 11.6 Å². The van der Waals surface area contributed by atoms with Crippen molar-refractivity contribution >= 4 is 29.2 Å². The predicted octanol–water partition coefficient (Wildman–Crippen LogP) is 4.06. The maximum Gasteiger partial charge on any atom is 0.251 e. The van der Waals surface area contributed by atoms with Crippen LogP contribution in [0.15, 0.2) is 42.5 Å². The lowest BCUT2D eigenvalue weighted by molar-refractivity contribution is -0.118. The summed E-state index contributed by atoms with van der Waals surface area (Å²) in [6.45, 7) is 4.48. The van der Waals surface area contributed by atoms with Crippen molar-refractivity contribution in [2.75, 3.05) is 19.0 Å². The Hall–Kier alpha value is -3.52. The number of nitrogens with one attached hydrogen (secondary N) is 2. The molecule has 1 aliphatic rings. The van der Waals surface area contributed by atoms with E-state index in [2.05, 4.69) is 15.7 Å². The molecule has 0 spiro atoms. The Labute approximate surface area is 203 Å². The number of anilines is 1. The standard InChI is InChI=1S/C25H27ClN4O4/c1-5-12-34-18-11-8-16(13-19(18)33-4)21-20-14(2)29-30(3)23(20)28-25(32)22(21)27-24(31)15-6-9-17(26)10-7-15/h6-11,13,21-22H,5,12H2,1-4H3,(H,27,31)(H,28,32)/t21-,22+/m1/s1. The number of aryl methyl sites for hydroxylation is 2. The lowest BCUT2D eigenvalue weighted by atomic mass is 9.81. The molecule has 9 heteroatoms. The van der Waals surface area contributed by atoms with Crippen molar-refractivity contribution in [2.45, 2.75) is 32.2 Å². The Morgan fingerprint density at radius 2 is 1.94 bits per heavy atom. The summed E-state index contributed by atoms with van der Waals surface area (Å²) in [7, 11) is 3.35. The van der Waals surface area contributed by atoms with Crippen molar-refractivity contribution < 1.29 is 19.1 Å². The van der Waals surface area contributed by atoms with Gasteiger partial charge < -0.3 is 20.1 Å². The highest BCUT2D eigenvalue weighted by molar-refractivity contribution is 6.30. The zero-order chi connectivity index (χ0) is 24.4. The van der Waals surface area contributed by atoms with E-state index >= 15 is 0 Å². The molecular formula is C25H27ClN4O4. The summed E-state index contributed by atoms with van der Waals surface area (Å²) >= 11 is 5.96. The normalized spacial score (nSPS) is 17.0. The second-order valence-electron chi connectivity index (χ2n) is 8.16. The SMILES string of the molecule is CCCOc1ccc([C@@H]2c3c(C)nn(C)c3NC(=O)[C@H]2NC(=O)c2ccc(Cl)cc2)cc1OC. The van der Waals surface area contributed by atoms with Crippen molar-refractivity contribution in [1.82, 2.24) is 15.1 Å². The predicted molar refractivity (Wildman–Crippen MR) is 130 cm³/mol. The second-order valence-corrected chi connectivity index (χ2v) is 8.59. The van der Waals surface area contributed by atoms with E-state index in [1.165, 1.54) is 0 Å². The largest absolute Gasteiger partial charge is 0.493 e. The molecule has 0 saturated carbocycles. The molecular weight excluding hydrogens is 456 g/mol. The van der Waals surface area contributed by atoms with E-state index in [9.17, 15) is 9.59 Å². The molecule has 1 aromatic heterocycles. The zero-order valence-corrected chi connectivity index (χ0v) is 20.3. The summed E-state index contributed by atoms with van der Waals surface area (Å²) in [5.74, 6) is 0.605. The van der Waals surface area contributed by atoms with Gasteiger partial charge in [0.15, 0.2) is 11.5 Å². The molecule has 34 heavy (non-hydrogen) atoms. The van der Waals surface area contributed by atoms with Crippen molar-refractivity contribution in [1.29, 1.82) is 0 Å². The van der Waals surface area contributed by atoms with Gasteiger partial charge in [0.25, 0.3) is 5.91 Å². The van der Waals surface area contributed by atoms with Gasteiger partial charge in [0.05, 0.1) is 19.4 Å². The van der Waals surface area contributed by atoms with Gasteiger partial charge in [-0.2, -0.15) is 5.10 Å². The number of rotatable bonds is 7. The van der Waals surface area contributed by atoms with E-state index in [-0.39, 0.29) is 11.8 Å². The van der Waals surface area contributed by atoms with Crippen molar-refractivity contribution in [3.8, 4) is 11.5 Å². The van der Waals surface area contributed by atoms with Gasteiger partial charge >= 0.3 is 0 Å². The van der Waals surface area contributed by atoms with Gasteiger partial charge in [-0.05, 0) is 55.3 Å².